The molecular weight excluding hydrogens is 186 g/mol. The van der Waals surface area contributed by atoms with Crippen molar-refractivity contribution in [3.8, 4) is 0 Å². The van der Waals surface area contributed by atoms with Crippen LogP contribution in [-0.2, 0) is 0 Å². The second-order valence-corrected chi connectivity index (χ2v) is 5.97. The standard InChI is InChI=1S/C13H25NO/c1-10-7-11(2)9-12(8-10)13(15)3-5-14-6-4-13/h10-12,14-15H,3-9H2,1-2H3. The van der Waals surface area contributed by atoms with E-state index in [1.54, 1.807) is 0 Å². The molecule has 88 valence electrons. The maximum atomic E-state index is 10.7. The van der Waals surface area contributed by atoms with E-state index in [0.717, 1.165) is 37.8 Å². The lowest BCUT2D eigenvalue weighted by atomic mass is 9.67. The minimum absolute atomic E-state index is 0.353. The molecule has 0 spiro atoms. The van der Waals surface area contributed by atoms with Gasteiger partial charge in [0.1, 0.15) is 0 Å². The molecule has 1 aliphatic carbocycles. The Bertz CT molecular complexity index is 201. The molecule has 0 aromatic carbocycles. The van der Waals surface area contributed by atoms with E-state index in [-0.39, 0.29) is 5.60 Å². The molecule has 1 saturated heterocycles. The number of hydrogen-bond donors (Lipinski definition) is 2. The van der Waals surface area contributed by atoms with Gasteiger partial charge in [-0.1, -0.05) is 13.8 Å². The van der Waals surface area contributed by atoms with Gasteiger partial charge in [0.25, 0.3) is 0 Å². The molecule has 2 aliphatic rings. The third-order valence-corrected chi connectivity index (χ3v) is 4.41. The predicted molar refractivity (Wildman–Crippen MR) is 62.7 cm³/mol. The fourth-order valence-corrected chi connectivity index (χ4v) is 3.65. The highest BCUT2D eigenvalue weighted by Crippen LogP contribution is 2.42. The van der Waals surface area contributed by atoms with Crippen LogP contribution in [0.5, 0.6) is 0 Å². The number of piperidine rings is 1. The van der Waals surface area contributed by atoms with Crippen molar-refractivity contribution in [1.29, 1.82) is 0 Å². The molecule has 2 rings (SSSR count). The molecule has 0 amide bonds. The van der Waals surface area contributed by atoms with E-state index in [1.807, 2.05) is 0 Å². The van der Waals surface area contributed by atoms with E-state index < -0.39 is 0 Å². The highest BCUT2D eigenvalue weighted by Gasteiger charge is 2.40. The third-order valence-electron chi connectivity index (χ3n) is 4.41. The van der Waals surface area contributed by atoms with Gasteiger partial charge in [-0.2, -0.15) is 0 Å². The van der Waals surface area contributed by atoms with E-state index in [4.69, 9.17) is 0 Å². The molecular formula is C13H25NO. The summed E-state index contributed by atoms with van der Waals surface area (Å²) in [7, 11) is 0. The predicted octanol–water partition coefficient (Wildman–Crippen LogP) is 2.17. The van der Waals surface area contributed by atoms with E-state index in [0.29, 0.717) is 5.92 Å². The summed E-state index contributed by atoms with van der Waals surface area (Å²) in [5.41, 5.74) is -0.353. The first-order valence-electron chi connectivity index (χ1n) is 6.53. The zero-order valence-corrected chi connectivity index (χ0v) is 10.1. The van der Waals surface area contributed by atoms with E-state index in [9.17, 15) is 5.11 Å². The van der Waals surface area contributed by atoms with Gasteiger partial charge in [0, 0.05) is 0 Å². The molecule has 2 heteroatoms. The SMILES string of the molecule is CC1CC(C)CC(C2(O)CCNCC2)C1. The number of rotatable bonds is 1. The van der Waals surface area contributed by atoms with E-state index >= 15 is 0 Å². The van der Waals surface area contributed by atoms with Crippen molar-refractivity contribution < 1.29 is 5.11 Å². The van der Waals surface area contributed by atoms with Crippen LogP contribution in [0, 0.1) is 17.8 Å². The lowest BCUT2D eigenvalue weighted by Gasteiger charge is -2.44. The van der Waals surface area contributed by atoms with Gasteiger partial charge in [-0.05, 0) is 62.9 Å². The summed E-state index contributed by atoms with van der Waals surface area (Å²) in [6, 6.07) is 0. The second kappa shape index (κ2) is 4.42. The first-order chi connectivity index (χ1) is 7.10. The second-order valence-electron chi connectivity index (χ2n) is 5.97. The van der Waals surface area contributed by atoms with Crippen LogP contribution in [0.15, 0.2) is 0 Å². The van der Waals surface area contributed by atoms with Crippen molar-refractivity contribution in [2.24, 2.45) is 17.8 Å². The minimum atomic E-state index is -0.353. The summed E-state index contributed by atoms with van der Waals surface area (Å²) in [6.45, 7) is 6.67. The topological polar surface area (TPSA) is 32.3 Å². The Hall–Kier alpha value is -0.0800. The maximum Gasteiger partial charge on any atom is 0.0700 e. The van der Waals surface area contributed by atoms with Gasteiger partial charge in [0.2, 0.25) is 0 Å². The van der Waals surface area contributed by atoms with Crippen molar-refractivity contribution in [2.75, 3.05) is 13.1 Å². The molecule has 1 saturated carbocycles. The van der Waals surface area contributed by atoms with E-state index in [2.05, 4.69) is 19.2 Å². The van der Waals surface area contributed by atoms with Crippen LogP contribution in [0.25, 0.3) is 0 Å². The molecule has 0 bridgehead atoms. The van der Waals surface area contributed by atoms with Crippen molar-refractivity contribution in [1.82, 2.24) is 5.32 Å². The Morgan fingerprint density at radius 3 is 2.07 bits per heavy atom. The van der Waals surface area contributed by atoms with Crippen molar-refractivity contribution in [2.45, 2.75) is 51.6 Å². The lowest BCUT2D eigenvalue weighted by Crippen LogP contribution is -2.49. The molecule has 0 aromatic rings. The summed E-state index contributed by atoms with van der Waals surface area (Å²) in [6.07, 6.45) is 5.74. The molecule has 2 fully saturated rings. The van der Waals surface area contributed by atoms with Crippen LogP contribution in [0.3, 0.4) is 0 Å². The Morgan fingerprint density at radius 2 is 1.53 bits per heavy atom. The molecule has 1 aliphatic heterocycles. The molecule has 2 atom stereocenters. The minimum Gasteiger partial charge on any atom is -0.390 e. The quantitative estimate of drug-likeness (QED) is 0.697. The Kier molecular flexibility index (Phi) is 3.36. The fourth-order valence-electron chi connectivity index (χ4n) is 3.65. The van der Waals surface area contributed by atoms with E-state index in [1.165, 1.54) is 19.3 Å². The molecule has 0 aromatic heterocycles. The van der Waals surface area contributed by atoms with Gasteiger partial charge in [0.05, 0.1) is 5.60 Å². The summed E-state index contributed by atoms with van der Waals surface area (Å²) in [5, 5.41) is 14.0. The Balaban J connectivity index is 2.01. The Morgan fingerprint density at radius 1 is 1.00 bits per heavy atom. The smallest absolute Gasteiger partial charge is 0.0700 e. The molecule has 2 N–H and O–H groups in total. The largest absolute Gasteiger partial charge is 0.390 e. The Labute approximate surface area is 93.5 Å². The zero-order chi connectivity index (χ0) is 10.9. The fraction of sp³-hybridized carbons (Fsp3) is 1.00. The molecule has 0 radical (unpaired) electrons. The lowest BCUT2D eigenvalue weighted by molar-refractivity contribution is -0.0691. The van der Waals surface area contributed by atoms with Gasteiger partial charge >= 0.3 is 0 Å². The summed E-state index contributed by atoms with van der Waals surface area (Å²) >= 11 is 0. The third kappa shape index (κ3) is 2.54. The first-order valence-corrected chi connectivity index (χ1v) is 6.53. The van der Waals surface area contributed by atoms with Gasteiger partial charge in [0.15, 0.2) is 0 Å². The number of aliphatic hydroxyl groups is 1. The highest BCUT2D eigenvalue weighted by atomic mass is 16.3. The normalized spacial score (nSPS) is 41.4. The monoisotopic (exact) mass is 211 g/mol. The van der Waals surface area contributed by atoms with Gasteiger partial charge in [-0.15, -0.1) is 0 Å². The average molecular weight is 211 g/mol. The van der Waals surface area contributed by atoms with Gasteiger partial charge in [-0.3, -0.25) is 0 Å². The summed E-state index contributed by atoms with van der Waals surface area (Å²) in [5.74, 6) is 2.16. The molecule has 2 nitrogen and oxygen atoms in total. The summed E-state index contributed by atoms with van der Waals surface area (Å²) in [4.78, 5) is 0. The number of hydrogen-bond acceptors (Lipinski definition) is 2. The van der Waals surface area contributed by atoms with Crippen molar-refractivity contribution >= 4 is 0 Å². The molecule has 15 heavy (non-hydrogen) atoms. The summed E-state index contributed by atoms with van der Waals surface area (Å²) < 4.78 is 0. The average Bonchev–Trinajstić information content (AvgIpc) is 2.17. The maximum absolute atomic E-state index is 10.7. The number of nitrogens with one attached hydrogen (secondary N) is 1. The van der Waals surface area contributed by atoms with Crippen LogP contribution in [-0.4, -0.2) is 23.8 Å². The van der Waals surface area contributed by atoms with Crippen LogP contribution in [0.1, 0.15) is 46.0 Å². The van der Waals surface area contributed by atoms with Crippen molar-refractivity contribution in [3.05, 3.63) is 0 Å². The molecule has 2 unspecified atom stereocenters. The van der Waals surface area contributed by atoms with Crippen LogP contribution >= 0.6 is 0 Å². The van der Waals surface area contributed by atoms with Crippen LogP contribution < -0.4 is 5.32 Å². The zero-order valence-electron chi connectivity index (χ0n) is 10.1. The van der Waals surface area contributed by atoms with Gasteiger partial charge in [-0.25, -0.2) is 0 Å². The molecule has 1 heterocycles. The first kappa shape index (κ1) is 11.4. The van der Waals surface area contributed by atoms with Gasteiger partial charge < -0.3 is 10.4 Å². The highest BCUT2D eigenvalue weighted by molar-refractivity contribution is 4.93. The van der Waals surface area contributed by atoms with Crippen molar-refractivity contribution in [3.63, 3.8) is 0 Å². The van der Waals surface area contributed by atoms with Crippen LogP contribution in [0.4, 0.5) is 0 Å². The van der Waals surface area contributed by atoms with Crippen LogP contribution in [0.2, 0.25) is 0 Å².